The first kappa shape index (κ1) is 25.5. The number of alkyl halides is 3. The number of carbonyl (C=O) groups excluding carboxylic acids is 1. The van der Waals surface area contributed by atoms with Crippen molar-refractivity contribution in [1.29, 1.82) is 0 Å². The lowest BCUT2D eigenvalue weighted by Crippen LogP contribution is -2.40. The lowest BCUT2D eigenvalue weighted by atomic mass is 9.91. The van der Waals surface area contributed by atoms with Crippen LogP contribution < -0.4 is 20.3 Å². The molecule has 3 rings (SSSR count). The SMILES string of the molecule is Cc1nc(N[C@H]2CC[C@@H](NC(=O)c3cccc(OC(F)(F)F)c3)CC2)cc(N(C)C)n1.Cl. The topological polar surface area (TPSA) is 79.4 Å². The van der Waals surface area contributed by atoms with Crippen LogP contribution in [0.25, 0.3) is 0 Å². The summed E-state index contributed by atoms with van der Waals surface area (Å²) in [5.41, 5.74) is 0.134. The highest BCUT2D eigenvalue weighted by molar-refractivity contribution is 5.94. The average Bonchev–Trinajstić information content (AvgIpc) is 2.68. The normalized spacial score (nSPS) is 18.3. The van der Waals surface area contributed by atoms with Crippen LogP contribution in [0.2, 0.25) is 0 Å². The van der Waals surface area contributed by atoms with E-state index in [-0.39, 0.29) is 30.1 Å². The first-order chi connectivity index (χ1) is 14.6. The van der Waals surface area contributed by atoms with Gasteiger partial charge in [-0.05, 0) is 50.8 Å². The van der Waals surface area contributed by atoms with E-state index in [9.17, 15) is 18.0 Å². The molecule has 0 spiro atoms. The first-order valence-electron chi connectivity index (χ1n) is 10.1. The maximum atomic E-state index is 12.5. The summed E-state index contributed by atoms with van der Waals surface area (Å²) in [6, 6.07) is 7.17. The van der Waals surface area contributed by atoms with E-state index >= 15 is 0 Å². The zero-order chi connectivity index (χ0) is 22.6. The first-order valence-corrected chi connectivity index (χ1v) is 10.1. The Bertz CT molecular complexity index is 919. The number of rotatable bonds is 6. The van der Waals surface area contributed by atoms with Gasteiger partial charge >= 0.3 is 6.36 Å². The van der Waals surface area contributed by atoms with Crippen LogP contribution in [0.15, 0.2) is 30.3 Å². The Hall–Kier alpha value is -2.75. The van der Waals surface area contributed by atoms with Gasteiger partial charge in [-0.15, -0.1) is 25.6 Å². The van der Waals surface area contributed by atoms with Gasteiger partial charge in [0.2, 0.25) is 0 Å². The number of benzene rings is 1. The van der Waals surface area contributed by atoms with Crippen LogP contribution in [-0.2, 0) is 0 Å². The van der Waals surface area contributed by atoms with Crippen molar-refractivity contribution in [3.05, 3.63) is 41.7 Å². The minimum atomic E-state index is -4.80. The molecule has 1 aliphatic rings. The molecule has 0 atom stereocenters. The largest absolute Gasteiger partial charge is 0.573 e. The van der Waals surface area contributed by atoms with Gasteiger partial charge in [0.15, 0.2) is 0 Å². The van der Waals surface area contributed by atoms with Gasteiger partial charge in [0.25, 0.3) is 5.91 Å². The van der Waals surface area contributed by atoms with Crippen LogP contribution in [0, 0.1) is 6.92 Å². The van der Waals surface area contributed by atoms with E-state index in [1.54, 1.807) is 0 Å². The quantitative estimate of drug-likeness (QED) is 0.650. The van der Waals surface area contributed by atoms with Crippen LogP contribution in [0.5, 0.6) is 5.75 Å². The molecule has 2 N–H and O–H groups in total. The fraction of sp³-hybridized carbons (Fsp3) is 0.476. The molecule has 32 heavy (non-hydrogen) atoms. The molecule has 1 saturated carbocycles. The fourth-order valence-electron chi connectivity index (χ4n) is 3.55. The van der Waals surface area contributed by atoms with E-state index in [1.807, 2.05) is 32.0 Å². The predicted molar refractivity (Wildman–Crippen MR) is 119 cm³/mol. The van der Waals surface area contributed by atoms with Gasteiger partial charge in [-0.1, -0.05) is 6.07 Å². The van der Waals surface area contributed by atoms with Crippen LogP contribution in [0.1, 0.15) is 41.9 Å². The third kappa shape index (κ3) is 7.44. The van der Waals surface area contributed by atoms with E-state index in [2.05, 4.69) is 25.3 Å². The van der Waals surface area contributed by atoms with Crippen LogP contribution in [-0.4, -0.2) is 48.4 Å². The van der Waals surface area contributed by atoms with Crippen molar-refractivity contribution in [3.8, 4) is 5.75 Å². The minimum Gasteiger partial charge on any atom is -0.406 e. The summed E-state index contributed by atoms with van der Waals surface area (Å²) in [5.74, 6) is 1.46. The van der Waals surface area contributed by atoms with E-state index in [1.165, 1.54) is 12.1 Å². The number of nitrogens with zero attached hydrogens (tertiary/aromatic N) is 3. The molecule has 1 aliphatic carbocycles. The smallest absolute Gasteiger partial charge is 0.406 e. The Morgan fingerprint density at radius 1 is 1.09 bits per heavy atom. The average molecular weight is 474 g/mol. The number of halogens is 4. The van der Waals surface area contributed by atoms with Crippen LogP contribution in [0.3, 0.4) is 0 Å². The molecule has 0 unspecified atom stereocenters. The molecule has 1 fully saturated rings. The molecule has 0 radical (unpaired) electrons. The number of anilines is 2. The summed E-state index contributed by atoms with van der Waals surface area (Å²) in [7, 11) is 3.84. The molecule has 1 amide bonds. The number of hydrogen-bond donors (Lipinski definition) is 2. The summed E-state index contributed by atoms with van der Waals surface area (Å²) in [4.78, 5) is 23.2. The summed E-state index contributed by atoms with van der Waals surface area (Å²) in [6.07, 6.45) is -1.61. The molecule has 2 aromatic rings. The lowest BCUT2D eigenvalue weighted by Gasteiger charge is -2.30. The van der Waals surface area contributed by atoms with Crippen molar-refractivity contribution in [2.24, 2.45) is 0 Å². The predicted octanol–water partition coefficient (Wildman–Crippen LogP) is 4.32. The van der Waals surface area contributed by atoms with E-state index in [4.69, 9.17) is 0 Å². The van der Waals surface area contributed by atoms with E-state index < -0.39 is 18.0 Å². The highest BCUT2D eigenvalue weighted by Gasteiger charge is 2.31. The van der Waals surface area contributed by atoms with Crippen molar-refractivity contribution in [2.75, 3.05) is 24.3 Å². The van der Waals surface area contributed by atoms with E-state index in [0.717, 1.165) is 49.5 Å². The minimum absolute atomic E-state index is 0. The highest BCUT2D eigenvalue weighted by Crippen LogP contribution is 2.25. The Balaban J connectivity index is 0.00000363. The number of hydrogen-bond acceptors (Lipinski definition) is 6. The summed E-state index contributed by atoms with van der Waals surface area (Å²) in [5, 5.41) is 6.35. The monoisotopic (exact) mass is 473 g/mol. The van der Waals surface area contributed by atoms with Crippen molar-refractivity contribution in [1.82, 2.24) is 15.3 Å². The van der Waals surface area contributed by atoms with Gasteiger partial charge < -0.3 is 20.3 Å². The van der Waals surface area contributed by atoms with Gasteiger partial charge in [0.05, 0.1) is 0 Å². The Kier molecular flexibility index (Phi) is 8.54. The molecule has 1 aromatic carbocycles. The second-order valence-corrected chi connectivity index (χ2v) is 7.80. The maximum absolute atomic E-state index is 12.5. The summed E-state index contributed by atoms with van der Waals surface area (Å²) >= 11 is 0. The van der Waals surface area contributed by atoms with Gasteiger partial charge in [0, 0.05) is 37.8 Å². The van der Waals surface area contributed by atoms with Gasteiger partial charge in [-0.2, -0.15) is 0 Å². The number of aryl methyl sites for hydroxylation is 1. The van der Waals surface area contributed by atoms with Crippen molar-refractivity contribution in [2.45, 2.75) is 51.1 Å². The molecule has 11 heteroatoms. The summed E-state index contributed by atoms with van der Waals surface area (Å²) in [6.45, 7) is 1.85. The third-order valence-corrected chi connectivity index (χ3v) is 5.03. The fourth-order valence-corrected chi connectivity index (χ4v) is 3.55. The molecule has 1 aromatic heterocycles. The number of amides is 1. The number of nitrogens with one attached hydrogen (secondary N) is 2. The zero-order valence-electron chi connectivity index (χ0n) is 18.1. The molecule has 1 heterocycles. The molecule has 0 saturated heterocycles. The second-order valence-electron chi connectivity index (χ2n) is 7.80. The standard InChI is InChI=1S/C21H26F3N5O2.ClH/c1-13-25-18(12-19(26-13)29(2)3)27-15-7-9-16(10-8-15)28-20(30)14-5-4-6-17(11-14)31-21(22,23)24;/h4-6,11-12,15-16H,7-10H2,1-3H3,(H,28,30)(H,25,26,27);1H/t15-,16+;. The Morgan fingerprint density at radius 2 is 1.75 bits per heavy atom. The summed E-state index contributed by atoms with van der Waals surface area (Å²) < 4.78 is 41.0. The van der Waals surface area contributed by atoms with Crippen LogP contribution in [0.4, 0.5) is 24.8 Å². The maximum Gasteiger partial charge on any atom is 0.573 e. The second kappa shape index (κ2) is 10.7. The molecule has 0 bridgehead atoms. The number of carbonyl (C=O) groups is 1. The van der Waals surface area contributed by atoms with Gasteiger partial charge in [-0.25, -0.2) is 9.97 Å². The van der Waals surface area contributed by atoms with Crippen LogP contribution >= 0.6 is 12.4 Å². The van der Waals surface area contributed by atoms with Crippen molar-refractivity contribution in [3.63, 3.8) is 0 Å². The van der Waals surface area contributed by atoms with Gasteiger partial charge in [-0.3, -0.25) is 4.79 Å². The highest BCUT2D eigenvalue weighted by atomic mass is 35.5. The van der Waals surface area contributed by atoms with Gasteiger partial charge in [0.1, 0.15) is 23.2 Å². The Labute approximate surface area is 191 Å². The van der Waals surface area contributed by atoms with Crippen molar-refractivity contribution >= 4 is 29.9 Å². The molecular formula is C21H27ClF3N5O2. The zero-order valence-corrected chi connectivity index (χ0v) is 18.9. The molecule has 0 aliphatic heterocycles. The van der Waals surface area contributed by atoms with E-state index in [0.29, 0.717) is 5.82 Å². The number of aromatic nitrogens is 2. The van der Waals surface area contributed by atoms with Crippen molar-refractivity contribution < 1.29 is 22.7 Å². The molecule has 7 nitrogen and oxygen atoms in total. The molecule has 176 valence electrons. The number of ether oxygens (including phenoxy) is 1. The Morgan fingerprint density at radius 3 is 2.38 bits per heavy atom. The lowest BCUT2D eigenvalue weighted by molar-refractivity contribution is -0.274. The molecular weight excluding hydrogens is 447 g/mol. The third-order valence-electron chi connectivity index (χ3n) is 5.03.